The fraction of sp³-hybridized carbons (Fsp3) is 0.588. The summed E-state index contributed by atoms with van der Waals surface area (Å²) >= 11 is 3.53. The number of carbonyl (C=O) groups excluding carboxylic acids is 1. The van der Waals surface area contributed by atoms with Gasteiger partial charge in [0, 0.05) is 29.5 Å². The second-order valence-corrected chi connectivity index (χ2v) is 6.85. The van der Waals surface area contributed by atoms with E-state index in [-0.39, 0.29) is 11.9 Å². The Hall–Kier alpha value is -0.870. The number of rotatable bonds is 6. The fourth-order valence-electron chi connectivity index (χ4n) is 2.74. The molecule has 0 heterocycles. The van der Waals surface area contributed by atoms with Crippen molar-refractivity contribution < 1.29 is 4.79 Å². The van der Waals surface area contributed by atoms with E-state index in [1.54, 1.807) is 0 Å². The van der Waals surface area contributed by atoms with E-state index in [1.807, 2.05) is 6.92 Å². The van der Waals surface area contributed by atoms with Gasteiger partial charge in [0.05, 0.1) is 0 Å². The topological polar surface area (TPSA) is 41.1 Å². The molecule has 116 valence electrons. The highest BCUT2D eigenvalue weighted by molar-refractivity contribution is 9.10. The van der Waals surface area contributed by atoms with Crippen LogP contribution in [-0.4, -0.2) is 24.5 Å². The molecular weight excluding hydrogens is 328 g/mol. The molecule has 0 radical (unpaired) electrons. The minimum Gasteiger partial charge on any atom is -0.354 e. The van der Waals surface area contributed by atoms with Gasteiger partial charge in [-0.3, -0.25) is 4.79 Å². The van der Waals surface area contributed by atoms with Crippen molar-refractivity contribution in [3.63, 3.8) is 0 Å². The second-order valence-electron chi connectivity index (χ2n) is 5.93. The third-order valence-corrected chi connectivity index (χ3v) is 4.69. The first-order valence-corrected chi connectivity index (χ1v) is 8.67. The van der Waals surface area contributed by atoms with Gasteiger partial charge < -0.3 is 10.6 Å². The maximum atomic E-state index is 11.7. The number of carbonyl (C=O) groups is 1. The third kappa shape index (κ3) is 5.11. The maximum absolute atomic E-state index is 11.7. The Morgan fingerprint density at radius 1 is 1.43 bits per heavy atom. The minimum absolute atomic E-state index is 0.150. The molecule has 2 rings (SSSR count). The van der Waals surface area contributed by atoms with Crippen LogP contribution in [0.3, 0.4) is 0 Å². The molecule has 21 heavy (non-hydrogen) atoms. The highest BCUT2D eigenvalue weighted by Crippen LogP contribution is 2.24. The molecule has 0 fully saturated rings. The highest BCUT2D eigenvalue weighted by Gasteiger charge is 2.18. The van der Waals surface area contributed by atoms with Gasteiger partial charge in [0.25, 0.3) is 0 Å². The van der Waals surface area contributed by atoms with Crippen LogP contribution >= 0.6 is 15.9 Å². The molecule has 3 nitrogen and oxygen atoms in total. The SMILES string of the molecule is CCC(C)NC(=O)CCNC1CCc2cc(Br)ccc2C1. The summed E-state index contributed by atoms with van der Waals surface area (Å²) in [4.78, 5) is 11.7. The lowest BCUT2D eigenvalue weighted by molar-refractivity contribution is -0.121. The van der Waals surface area contributed by atoms with Gasteiger partial charge in [0.2, 0.25) is 5.91 Å². The van der Waals surface area contributed by atoms with Crippen molar-refractivity contribution in [1.29, 1.82) is 0 Å². The number of hydrogen-bond acceptors (Lipinski definition) is 2. The normalized spacial score (nSPS) is 18.9. The lowest BCUT2D eigenvalue weighted by atomic mass is 9.88. The Morgan fingerprint density at radius 2 is 2.24 bits per heavy atom. The van der Waals surface area contributed by atoms with Crippen LogP contribution in [0.2, 0.25) is 0 Å². The average Bonchev–Trinajstić information content (AvgIpc) is 2.47. The summed E-state index contributed by atoms with van der Waals surface area (Å²) in [5.41, 5.74) is 2.89. The number of hydrogen-bond donors (Lipinski definition) is 2. The number of nitrogens with one attached hydrogen (secondary N) is 2. The predicted molar refractivity (Wildman–Crippen MR) is 90.5 cm³/mol. The van der Waals surface area contributed by atoms with Crippen molar-refractivity contribution in [1.82, 2.24) is 10.6 Å². The molecule has 0 bridgehead atoms. The van der Waals surface area contributed by atoms with Crippen LogP contribution < -0.4 is 10.6 Å². The molecule has 1 aromatic carbocycles. The zero-order valence-electron chi connectivity index (χ0n) is 12.9. The Kier molecular flexibility index (Phi) is 6.24. The highest BCUT2D eigenvalue weighted by atomic mass is 79.9. The fourth-order valence-corrected chi connectivity index (χ4v) is 3.15. The second kappa shape index (κ2) is 7.95. The molecule has 1 aromatic rings. The van der Waals surface area contributed by atoms with Crippen molar-refractivity contribution in [2.75, 3.05) is 6.54 Å². The van der Waals surface area contributed by atoms with Gasteiger partial charge in [-0.1, -0.05) is 28.9 Å². The minimum atomic E-state index is 0.150. The van der Waals surface area contributed by atoms with E-state index in [2.05, 4.69) is 51.7 Å². The first-order valence-electron chi connectivity index (χ1n) is 7.88. The van der Waals surface area contributed by atoms with E-state index in [9.17, 15) is 4.79 Å². The van der Waals surface area contributed by atoms with Gasteiger partial charge in [-0.25, -0.2) is 0 Å². The summed E-state index contributed by atoms with van der Waals surface area (Å²) in [6.45, 7) is 4.89. The molecule has 1 aliphatic carbocycles. The molecule has 1 aliphatic rings. The molecule has 1 amide bonds. The summed E-state index contributed by atoms with van der Waals surface area (Å²) in [5.74, 6) is 0.150. The van der Waals surface area contributed by atoms with Gasteiger partial charge in [-0.2, -0.15) is 0 Å². The average molecular weight is 353 g/mol. The third-order valence-electron chi connectivity index (χ3n) is 4.20. The summed E-state index contributed by atoms with van der Waals surface area (Å²) in [6, 6.07) is 7.32. The lowest BCUT2D eigenvalue weighted by Crippen LogP contribution is -2.38. The van der Waals surface area contributed by atoms with Crippen molar-refractivity contribution in [2.45, 2.75) is 58.0 Å². The number of benzene rings is 1. The van der Waals surface area contributed by atoms with Crippen LogP contribution in [0, 0.1) is 0 Å². The summed E-state index contributed by atoms with van der Waals surface area (Å²) < 4.78 is 1.16. The Balaban J connectivity index is 1.73. The standard InChI is InChI=1S/C17H25BrN2O/c1-3-12(2)20-17(21)8-9-19-16-7-5-13-10-15(18)6-4-14(13)11-16/h4,6,10,12,16,19H,3,5,7-9,11H2,1-2H3,(H,20,21). The maximum Gasteiger partial charge on any atom is 0.221 e. The van der Waals surface area contributed by atoms with Gasteiger partial charge in [-0.05, 0) is 55.9 Å². The Labute approximate surface area is 136 Å². The van der Waals surface area contributed by atoms with Gasteiger partial charge in [0.1, 0.15) is 0 Å². The van der Waals surface area contributed by atoms with Gasteiger partial charge >= 0.3 is 0 Å². The quantitative estimate of drug-likeness (QED) is 0.825. The summed E-state index contributed by atoms with van der Waals surface area (Å²) in [7, 11) is 0. The van der Waals surface area contributed by atoms with Crippen molar-refractivity contribution in [3.05, 3.63) is 33.8 Å². The van der Waals surface area contributed by atoms with E-state index < -0.39 is 0 Å². The molecule has 0 saturated heterocycles. The molecule has 0 spiro atoms. The summed E-state index contributed by atoms with van der Waals surface area (Å²) in [6.07, 6.45) is 4.87. The van der Waals surface area contributed by atoms with Crippen molar-refractivity contribution >= 4 is 21.8 Å². The van der Waals surface area contributed by atoms with Crippen LogP contribution in [-0.2, 0) is 17.6 Å². The first-order chi connectivity index (χ1) is 10.1. The smallest absolute Gasteiger partial charge is 0.221 e. The molecular formula is C17H25BrN2O. The monoisotopic (exact) mass is 352 g/mol. The van der Waals surface area contributed by atoms with Crippen LogP contribution in [0.15, 0.2) is 22.7 Å². The van der Waals surface area contributed by atoms with Crippen LogP contribution in [0.4, 0.5) is 0 Å². The van der Waals surface area contributed by atoms with Crippen molar-refractivity contribution in [2.24, 2.45) is 0 Å². The Bertz CT molecular complexity index is 490. The number of amides is 1. The van der Waals surface area contributed by atoms with Gasteiger partial charge in [0.15, 0.2) is 0 Å². The molecule has 0 aromatic heterocycles. The van der Waals surface area contributed by atoms with E-state index in [0.29, 0.717) is 12.5 Å². The predicted octanol–water partition coefficient (Wildman–Crippen LogP) is 3.20. The molecule has 2 N–H and O–H groups in total. The van der Waals surface area contributed by atoms with Gasteiger partial charge in [-0.15, -0.1) is 0 Å². The zero-order chi connectivity index (χ0) is 15.2. The van der Waals surface area contributed by atoms with E-state index in [1.165, 1.54) is 11.1 Å². The molecule has 2 atom stereocenters. The van der Waals surface area contributed by atoms with Crippen LogP contribution in [0.25, 0.3) is 0 Å². The molecule has 2 unspecified atom stereocenters. The van der Waals surface area contributed by atoms with E-state index in [0.717, 1.165) is 36.7 Å². The number of fused-ring (bicyclic) bond motifs is 1. The molecule has 0 saturated carbocycles. The largest absolute Gasteiger partial charge is 0.354 e. The van der Waals surface area contributed by atoms with E-state index in [4.69, 9.17) is 0 Å². The number of halogens is 1. The Morgan fingerprint density at radius 3 is 3.00 bits per heavy atom. The number of aryl methyl sites for hydroxylation is 1. The summed E-state index contributed by atoms with van der Waals surface area (Å²) in [5, 5.41) is 6.53. The van der Waals surface area contributed by atoms with E-state index >= 15 is 0 Å². The zero-order valence-corrected chi connectivity index (χ0v) is 14.5. The first kappa shape index (κ1) is 16.5. The van der Waals surface area contributed by atoms with Crippen LogP contribution in [0.5, 0.6) is 0 Å². The van der Waals surface area contributed by atoms with Crippen LogP contribution in [0.1, 0.15) is 44.2 Å². The lowest BCUT2D eigenvalue weighted by Gasteiger charge is -2.26. The van der Waals surface area contributed by atoms with Crippen molar-refractivity contribution in [3.8, 4) is 0 Å². The molecule has 4 heteroatoms. The molecule has 0 aliphatic heterocycles.